The van der Waals surface area contributed by atoms with Crippen molar-refractivity contribution in [2.75, 3.05) is 5.73 Å². The van der Waals surface area contributed by atoms with E-state index in [1.165, 1.54) is 12.3 Å². The fraction of sp³-hybridized carbons (Fsp3) is 0. The van der Waals surface area contributed by atoms with E-state index in [1.807, 2.05) is 0 Å². The summed E-state index contributed by atoms with van der Waals surface area (Å²) < 4.78 is 39.0. The summed E-state index contributed by atoms with van der Waals surface area (Å²) in [5, 5.41) is 0. The molecule has 0 saturated heterocycles. The lowest BCUT2D eigenvalue weighted by molar-refractivity contribution is 0.496. The summed E-state index contributed by atoms with van der Waals surface area (Å²) in [6.07, 6.45) is 1.30. The second kappa shape index (κ2) is 3.80. The highest BCUT2D eigenvalue weighted by atomic mass is 19.2. The lowest BCUT2D eigenvalue weighted by atomic mass is 10.1. The number of nitrogen functional groups attached to an aromatic ring is 1. The first-order valence-electron chi connectivity index (χ1n) is 4.31. The molecule has 0 aliphatic rings. The molecular weight excluding hydrogens is 219 g/mol. The number of hydrogen-bond donors (Lipinski definition) is 1. The van der Waals surface area contributed by atoms with Gasteiger partial charge in [-0.25, -0.2) is 23.1 Å². The van der Waals surface area contributed by atoms with Crippen molar-refractivity contribution in [1.82, 2.24) is 9.97 Å². The molecule has 82 valence electrons. The number of halogens is 3. The van der Waals surface area contributed by atoms with Crippen molar-refractivity contribution in [3.63, 3.8) is 0 Å². The number of nitrogens with zero attached hydrogens (tertiary/aromatic N) is 2. The summed E-state index contributed by atoms with van der Waals surface area (Å²) in [7, 11) is 0. The quantitative estimate of drug-likeness (QED) is 0.756. The minimum absolute atomic E-state index is 0.0679. The van der Waals surface area contributed by atoms with Gasteiger partial charge in [0.15, 0.2) is 11.6 Å². The fourth-order valence-electron chi connectivity index (χ4n) is 1.24. The van der Waals surface area contributed by atoms with Gasteiger partial charge in [-0.1, -0.05) is 0 Å². The normalized spacial score (nSPS) is 10.4. The van der Waals surface area contributed by atoms with Crippen LogP contribution in [-0.4, -0.2) is 9.97 Å². The first kappa shape index (κ1) is 10.4. The van der Waals surface area contributed by atoms with Crippen LogP contribution in [0.3, 0.4) is 0 Å². The lowest BCUT2D eigenvalue weighted by Gasteiger charge is -2.03. The molecule has 0 atom stereocenters. The molecule has 0 bridgehead atoms. The summed E-state index contributed by atoms with van der Waals surface area (Å²) in [6, 6.07) is 2.54. The van der Waals surface area contributed by atoms with Crippen molar-refractivity contribution in [3.05, 3.63) is 41.8 Å². The van der Waals surface area contributed by atoms with E-state index in [0.717, 1.165) is 6.07 Å². The molecule has 0 amide bonds. The van der Waals surface area contributed by atoms with Gasteiger partial charge in [0.1, 0.15) is 5.82 Å². The van der Waals surface area contributed by atoms with E-state index in [1.54, 1.807) is 0 Å². The summed E-state index contributed by atoms with van der Waals surface area (Å²) >= 11 is 0. The smallest absolute Gasteiger partial charge is 0.220 e. The second-order valence-corrected chi connectivity index (χ2v) is 3.05. The standard InChI is InChI=1S/C10H6F3N3/c11-6-4-8(13)7(12)3-5(6)9-1-2-15-10(14)16-9/h1-4H,(H2,14,15,16). The van der Waals surface area contributed by atoms with Gasteiger partial charge in [-0.15, -0.1) is 0 Å². The lowest BCUT2D eigenvalue weighted by Crippen LogP contribution is -1.98. The second-order valence-electron chi connectivity index (χ2n) is 3.05. The molecule has 1 aromatic heterocycles. The van der Waals surface area contributed by atoms with Gasteiger partial charge in [0.2, 0.25) is 5.95 Å². The third-order valence-electron chi connectivity index (χ3n) is 1.96. The van der Waals surface area contributed by atoms with Crippen molar-refractivity contribution < 1.29 is 13.2 Å². The third kappa shape index (κ3) is 1.81. The molecule has 1 aromatic carbocycles. The van der Waals surface area contributed by atoms with Crippen molar-refractivity contribution in [3.8, 4) is 11.3 Å². The largest absolute Gasteiger partial charge is 0.368 e. The number of benzene rings is 1. The van der Waals surface area contributed by atoms with Gasteiger partial charge in [-0.05, 0) is 12.1 Å². The van der Waals surface area contributed by atoms with Gasteiger partial charge in [0.05, 0.1) is 5.69 Å². The molecule has 16 heavy (non-hydrogen) atoms. The average molecular weight is 225 g/mol. The van der Waals surface area contributed by atoms with E-state index in [-0.39, 0.29) is 17.2 Å². The Morgan fingerprint density at radius 1 is 1.00 bits per heavy atom. The number of rotatable bonds is 1. The fourth-order valence-corrected chi connectivity index (χ4v) is 1.24. The molecule has 0 radical (unpaired) electrons. The van der Waals surface area contributed by atoms with Crippen LogP contribution < -0.4 is 5.73 Å². The predicted molar refractivity (Wildman–Crippen MR) is 51.8 cm³/mol. The van der Waals surface area contributed by atoms with E-state index in [2.05, 4.69) is 9.97 Å². The number of hydrogen-bond acceptors (Lipinski definition) is 3. The Hall–Kier alpha value is -2.11. The topological polar surface area (TPSA) is 51.8 Å². The number of anilines is 1. The minimum Gasteiger partial charge on any atom is -0.368 e. The Bertz CT molecular complexity index is 543. The first-order valence-corrected chi connectivity index (χ1v) is 4.31. The predicted octanol–water partition coefficient (Wildman–Crippen LogP) is 2.14. The van der Waals surface area contributed by atoms with E-state index in [0.29, 0.717) is 6.07 Å². The van der Waals surface area contributed by atoms with Crippen LogP contribution in [-0.2, 0) is 0 Å². The summed E-state index contributed by atoms with van der Waals surface area (Å²) in [5.41, 5.74) is 5.24. The molecule has 3 nitrogen and oxygen atoms in total. The maximum Gasteiger partial charge on any atom is 0.220 e. The van der Waals surface area contributed by atoms with E-state index in [9.17, 15) is 13.2 Å². The Labute approximate surface area is 88.8 Å². The molecule has 6 heteroatoms. The summed E-state index contributed by atoms with van der Waals surface area (Å²) in [5.74, 6) is -3.37. The highest BCUT2D eigenvalue weighted by Crippen LogP contribution is 2.23. The molecule has 0 spiro atoms. The highest BCUT2D eigenvalue weighted by Gasteiger charge is 2.12. The molecule has 1 heterocycles. The highest BCUT2D eigenvalue weighted by molar-refractivity contribution is 5.60. The number of aromatic nitrogens is 2. The van der Waals surface area contributed by atoms with Crippen LogP contribution in [0.5, 0.6) is 0 Å². The Balaban J connectivity index is 2.60. The van der Waals surface area contributed by atoms with Crippen LogP contribution in [0.15, 0.2) is 24.4 Å². The molecular formula is C10H6F3N3. The van der Waals surface area contributed by atoms with Crippen LogP contribution in [0.4, 0.5) is 19.1 Å². The maximum atomic E-state index is 13.3. The van der Waals surface area contributed by atoms with Crippen LogP contribution in [0, 0.1) is 17.5 Å². The van der Waals surface area contributed by atoms with Crippen molar-refractivity contribution in [1.29, 1.82) is 0 Å². The van der Waals surface area contributed by atoms with Gasteiger partial charge in [0.25, 0.3) is 0 Å². The summed E-state index contributed by atoms with van der Waals surface area (Å²) in [4.78, 5) is 7.32. The van der Waals surface area contributed by atoms with Crippen LogP contribution >= 0.6 is 0 Å². The Kier molecular flexibility index (Phi) is 2.47. The maximum absolute atomic E-state index is 13.3. The van der Waals surface area contributed by atoms with Crippen molar-refractivity contribution >= 4 is 5.95 Å². The zero-order valence-electron chi connectivity index (χ0n) is 7.92. The van der Waals surface area contributed by atoms with Crippen molar-refractivity contribution in [2.45, 2.75) is 0 Å². The van der Waals surface area contributed by atoms with Crippen molar-refractivity contribution in [2.24, 2.45) is 0 Å². The molecule has 2 rings (SSSR count). The molecule has 0 aliphatic heterocycles. The Morgan fingerprint density at radius 3 is 2.38 bits per heavy atom. The molecule has 2 N–H and O–H groups in total. The van der Waals surface area contributed by atoms with Gasteiger partial charge in [-0.3, -0.25) is 0 Å². The van der Waals surface area contributed by atoms with Gasteiger partial charge in [-0.2, -0.15) is 0 Å². The van der Waals surface area contributed by atoms with Crippen LogP contribution in [0.1, 0.15) is 0 Å². The molecule has 0 unspecified atom stereocenters. The Morgan fingerprint density at radius 2 is 1.69 bits per heavy atom. The molecule has 2 aromatic rings. The first-order chi connectivity index (χ1) is 7.58. The third-order valence-corrected chi connectivity index (χ3v) is 1.96. The minimum atomic E-state index is -1.25. The zero-order valence-corrected chi connectivity index (χ0v) is 7.92. The molecule has 0 aliphatic carbocycles. The van der Waals surface area contributed by atoms with E-state index < -0.39 is 17.5 Å². The van der Waals surface area contributed by atoms with Gasteiger partial charge >= 0.3 is 0 Å². The van der Waals surface area contributed by atoms with Gasteiger partial charge < -0.3 is 5.73 Å². The van der Waals surface area contributed by atoms with Crippen LogP contribution in [0.2, 0.25) is 0 Å². The number of nitrogens with two attached hydrogens (primary N) is 1. The average Bonchev–Trinajstić information content (AvgIpc) is 2.23. The monoisotopic (exact) mass is 225 g/mol. The molecule has 0 fully saturated rings. The SMILES string of the molecule is Nc1nccc(-c2cc(F)c(F)cc2F)n1. The summed E-state index contributed by atoms with van der Waals surface area (Å²) in [6.45, 7) is 0. The zero-order chi connectivity index (χ0) is 11.7. The van der Waals surface area contributed by atoms with Gasteiger partial charge in [0, 0.05) is 17.8 Å². The van der Waals surface area contributed by atoms with E-state index >= 15 is 0 Å². The van der Waals surface area contributed by atoms with E-state index in [4.69, 9.17) is 5.73 Å². The van der Waals surface area contributed by atoms with Crippen LogP contribution in [0.25, 0.3) is 11.3 Å². The molecule has 0 saturated carbocycles.